The fourth-order valence-electron chi connectivity index (χ4n) is 4.19. The molecule has 2 rings (SSSR count). The molecule has 0 aromatic carbocycles. The molecule has 0 spiro atoms. The van der Waals surface area contributed by atoms with Crippen LogP contribution < -0.4 is 5.32 Å². The topological polar surface area (TPSA) is 48.7 Å². The third kappa shape index (κ3) is 7.28. The summed E-state index contributed by atoms with van der Waals surface area (Å²) >= 11 is 0. The van der Waals surface area contributed by atoms with Gasteiger partial charge in [0.25, 0.3) is 0 Å². The third-order valence-electron chi connectivity index (χ3n) is 5.61. The van der Waals surface area contributed by atoms with Crippen LogP contribution in [-0.2, 0) is 26.4 Å². The van der Waals surface area contributed by atoms with Crippen molar-refractivity contribution in [3.8, 4) is 0 Å². The van der Waals surface area contributed by atoms with E-state index in [4.69, 9.17) is 0 Å². The first kappa shape index (κ1) is 27.0. The van der Waals surface area contributed by atoms with Crippen molar-refractivity contribution < 1.29 is 13.2 Å². The zero-order valence-electron chi connectivity index (χ0n) is 18.7. The van der Waals surface area contributed by atoms with E-state index >= 15 is 0 Å². The van der Waals surface area contributed by atoms with Crippen LogP contribution >= 0.6 is 24.0 Å². The summed E-state index contributed by atoms with van der Waals surface area (Å²) in [5.41, 5.74) is 3.53. The molecule has 174 valence electrons. The standard InChI is InChI=1S/C20H35F3N6.HI/c1-6-17-16(18(7-2)27(5)26-17)11-25-19(24-4)29-10-9-15(13-29)12-28(8-3)14-20(21,22)23;/h15H,6-14H2,1-5H3,(H,24,25);1H. The molecular formula is C20H36F3IN6. The number of halogens is 4. The van der Waals surface area contributed by atoms with E-state index in [1.165, 1.54) is 16.2 Å². The molecule has 1 aliphatic heterocycles. The quantitative estimate of drug-likeness (QED) is 0.310. The number of hydrogen-bond donors (Lipinski definition) is 1. The van der Waals surface area contributed by atoms with E-state index in [0.717, 1.165) is 44.0 Å². The molecule has 1 aliphatic rings. The monoisotopic (exact) mass is 544 g/mol. The van der Waals surface area contributed by atoms with E-state index in [0.29, 0.717) is 19.6 Å². The molecule has 1 saturated heterocycles. The van der Waals surface area contributed by atoms with Gasteiger partial charge in [0.2, 0.25) is 0 Å². The fourth-order valence-corrected chi connectivity index (χ4v) is 4.19. The number of likely N-dealkylation sites (tertiary alicyclic amines) is 1. The average Bonchev–Trinajstić information content (AvgIpc) is 3.24. The summed E-state index contributed by atoms with van der Waals surface area (Å²) in [6.45, 7) is 8.23. The first-order chi connectivity index (χ1) is 13.7. The molecule has 1 aromatic heterocycles. The van der Waals surface area contributed by atoms with Gasteiger partial charge >= 0.3 is 6.18 Å². The van der Waals surface area contributed by atoms with Gasteiger partial charge in [0, 0.05) is 51.5 Å². The number of aliphatic imine (C=N–C) groups is 1. The molecule has 0 radical (unpaired) electrons. The molecule has 0 amide bonds. The van der Waals surface area contributed by atoms with Crippen molar-refractivity contribution >= 4 is 29.9 Å². The Balaban J connectivity index is 0.00000450. The van der Waals surface area contributed by atoms with Crippen LogP contribution in [0.5, 0.6) is 0 Å². The highest BCUT2D eigenvalue weighted by molar-refractivity contribution is 14.0. The molecule has 0 saturated carbocycles. The number of alkyl halides is 3. The van der Waals surface area contributed by atoms with Gasteiger partial charge in [-0.05, 0) is 31.7 Å². The molecule has 1 N–H and O–H groups in total. The Hall–Kier alpha value is -1.04. The highest BCUT2D eigenvalue weighted by Gasteiger charge is 2.33. The van der Waals surface area contributed by atoms with Gasteiger partial charge < -0.3 is 10.2 Å². The summed E-state index contributed by atoms with van der Waals surface area (Å²) in [6, 6.07) is 0. The Labute approximate surface area is 195 Å². The fraction of sp³-hybridized carbons (Fsp3) is 0.800. The van der Waals surface area contributed by atoms with Crippen LogP contribution in [0.25, 0.3) is 0 Å². The lowest BCUT2D eigenvalue weighted by Crippen LogP contribution is -2.41. The van der Waals surface area contributed by atoms with E-state index in [1.54, 1.807) is 14.0 Å². The second-order valence-corrected chi connectivity index (χ2v) is 7.65. The van der Waals surface area contributed by atoms with Gasteiger partial charge in [-0.25, -0.2) is 0 Å². The average molecular weight is 544 g/mol. The molecule has 1 fully saturated rings. The minimum absolute atomic E-state index is 0. The summed E-state index contributed by atoms with van der Waals surface area (Å²) in [6.07, 6.45) is -1.48. The second-order valence-electron chi connectivity index (χ2n) is 7.65. The minimum Gasteiger partial charge on any atom is -0.352 e. The number of aromatic nitrogens is 2. The van der Waals surface area contributed by atoms with Gasteiger partial charge in [-0.2, -0.15) is 18.3 Å². The second kappa shape index (κ2) is 12.1. The lowest BCUT2D eigenvalue weighted by atomic mass is 10.1. The van der Waals surface area contributed by atoms with Gasteiger partial charge in [-0.1, -0.05) is 20.8 Å². The summed E-state index contributed by atoms with van der Waals surface area (Å²) < 4.78 is 40.1. The van der Waals surface area contributed by atoms with Crippen LogP contribution in [0.4, 0.5) is 13.2 Å². The van der Waals surface area contributed by atoms with Crippen LogP contribution in [0.1, 0.15) is 44.1 Å². The molecular weight excluding hydrogens is 508 g/mol. The predicted molar refractivity (Wildman–Crippen MR) is 125 cm³/mol. The Morgan fingerprint density at radius 1 is 1.27 bits per heavy atom. The number of aryl methyl sites for hydroxylation is 2. The van der Waals surface area contributed by atoms with Gasteiger partial charge in [0.1, 0.15) is 0 Å². The summed E-state index contributed by atoms with van der Waals surface area (Å²) in [4.78, 5) is 8.05. The molecule has 30 heavy (non-hydrogen) atoms. The molecule has 6 nitrogen and oxygen atoms in total. The number of nitrogens with one attached hydrogen (secondary N) is 1. The summed E-state index contributed by atoms with van der Waals surface area (Å²) in [7, 11) is 3.73. The van der Waals surface area contributed by atoms with Crippen LogP contribution in [0.15, 0.2) is 4.99 Å². The summed E-state index contributed by atoms with van der Waals surface area (Å²) in [5, 5.41) is 8.06. The first-order valence-electron chi connectivity index (χ1n) is 10.5. The van der Waals surface area contributed by atoms with E-state index in [1.807, 2.05) is 11.7 Å². The smallest absolute Gasteiger partial charge is 0.352 e. The van der Waals surface area contributed by atoms with Crippen molar-refractivity contribution in [1.82, 2.24) is 24.9 Å². The SMILES string of the molecule is CCc1nn(C)c(CC)c1CNC(=NC)N1CCC(CN(CC)CC(F)(F)F)C1.I. The number of hydrogen-bond acceptors (Lipinski definition) is 3. The lowest BCUT2D eigenvalue weighted by molar-refractivity contribution is -0.146. The normalized spacial score (nSPS) is 17.6. The van der Waals surface area contributed by atoms with Gasteiger partial charge in [-0.15, -0.1) is 24.0 Å². The Bertz CT molecular complexity index is 689. The van der Waals surface area contributed by atoms with Gasteiger partial charge in [0.15, 0.2) is 5.96 Å². The Kier molecular flexibility index (Phi) is 10.9. The van der Waals surface area contributed by atoms with Crippen molar-refractivity contribution in [2.45, 2.75) is 52.8 Å². The molecule has 1 unspecified atom stereocenters. The largest absolute Gasteiger partial charge is 0.401 e. The lowest BCUT2D eigenvalue weighted by Gasteiger charge is -2.26. The zero-order chi connectivity index (χ0) is 21.6. The maximum atomic E-state index is 12.7. The number of rotatable bonds is 8. The molecule has 0 aliphatic carbocycles. The van der Waals surface area contributed by atoms with E-state index in [-0.39, 0.29) is 29.9 Å². The summed E-state index contributed by atoms with van der Waals surface area (Å²) in [5.74, 6) is 1.02. The van der Waals surface area contributed by atoms with Crippen LogP contribution in [0.2, 0.25) is 0 Å². The highest BCUT2D eigenvalue weighted by atomic mass is 127. The van der Waals surface area contributed by atoms with Gasteiger partial charge in [-0.3, -0.25) is 14.6 Å². The maximum absolute atomic E-state index is 12.7. The van der Waals surface area contributed by atoms with Crippen molar-refractivity contribution in [3.63, 3.8) is 0 Å². The van der Waals surface area contributed by atoms with E-state index in [2.05, 4.69) is 34.2 Å². The third-order valence-corrected chi connectivity index (χ3v) is 5.61. The maximum Gasteiger partial charge on any atom is 0.401 e. The number of guanidine groups is 1. The van der Waals surface area contributed by atoms with Crippen molar-refractivity contribution in [1.29, 1.82) is 0 Å². The Morgan fingerprint density at radius 3 is 2.50 bits per heavy atom. The molecule has 0 bridgehead atoms. The first-order valence-corrected chi connectivity index (χ1v) is 10.5. The molecule has 10 heteroatoms. The van der Waals surface area contributed by atoms with Crippen molar-refractivity contribution in [2.24, 2.45) is 18.0 Å². The molecule has 1 atom stereocenters. The van der Waals surface area contributed by atoms with Crippen molar-refractivity contribution in [2.75, 3.05) is 39.8 Å². The van der Waals surface area contributed by atoms with E-state index < -0.39 is 12.7 Å². The highest BCUT2D eigenvalue weighted by Crippen LogP contribution is 2.22. The van der Waals surface area contributed by atoms with Crippen LogP contribution in [0, 0.1) is 5.92 Å². The molecule has 2 heterocycles. The van der Waals surface area contributed by atoms with Gasteiger partial charge in [0.05, 0.1) is 12.2 Å². The van der Waals surface area contributed by atoms with E-state index in [9.17, 15) is 13.2 Å². The molecule has 1 aromatic rings. The Morgan fingerprint density at radius 2 is 1.97 bits per heavy atom. The minimum atomic E-state index is -4.15. The van der Waals surface area contributed by atoms with Crippen LogP contribution in [-0.4, -0.2) is 71.5 Å². The van der Waals surface area contributed by atoms with Crippen molar-refractivity contribution in [3.05, 3.63) is 17.0 Å². The zero-order valence-corrected chi connectivity index (χ0v) is 21.0. The number of nitrogens with zero attached hydrogens (tertiary/aromatic N) is 5. The predicted octanol–water partition coefficient (Wildman–Crippen LogP) is 3.44. The van der Waals surface area contributed by atoms with Crippen LogP contribution in [0.3, 0.4) is 0 Å².